The molecule has 2 heterocycles. The SMILES string of the molecule is CC(C)(C(=O)[OH2+])[C@@H]1CN(C2=Nc3cc(Cl)ccc3Oc3ccccc32)CCN1. The molecule has 0 amide bonds. The van der Waals surface area contributed by atoms with Crippen molar-refractivity contribution in [1.82, 2.24) is 10.2 Å². The number of ether oxygens (including phenoxy) is 1. The van der Waals surface area contributed by atoms with E-state index in [-0.39, 0.29) is 6.04 Å². The van der Waals surface area contributed by atoms with E-state index in [2.05, 4.69) is 10.2 Å². The summed E-state index contributed by atoms with van der Waals surface area (Å²) >= 11 is 6.19. The molecule has 0 bridgehead atoms. The molecule has 0 radical (unpaired) electrons. The number of hydrogen-bond donors (Lipinski definition) is 1. The number of amidine groups is 1. The van der Waals surface area contributed by atoms with Gasteiger partial charge in [0.1, 0.15) is 22.7 Å². The second-order valence-electron chi connectivity index (χ2n) is 7.65. The van der Waals surface area contributed by atoms with Gasteiger partial charge in [0.2, 0.25) is 0 Å². The van der Waals surface area contributed by atoms with Gasteiger partial charge < -0.3 is 20.1 Å². The molecule has 28 heavy (non-hydrogen) atoms. The number of para-hydroxylation sites is 1. The number of carbonyl (C=O) groups is 1. The summed E-state index contributed by atoms with van der Waals surface area (Å²) in [6.07, 6.45) is 0. The van der Waals surface area contributed by atoms with Crippen molar-refractivity contribution in [1.29, 1.82) is 0 Å². The van der Waals surface area contributed by atoms with E-state index in [9.17, 15) is 4.79 Å². The predicted octanol–water partition coefficient (Wildman–Crippen LogP) is 3.08. The van der Waals surface area contributed by atoms with Gasteiger partial charge in [0, 0.05) is 35.5 Å². The summed E-state index contributed by atoms with van der Waals surface area (Å²) in [6, 6.07) is 13.0. The minimum Gasteiger partial charge on any atom is -0.564 e. The molecule has 2 aliphatic heterocycles. The summed E-state index contributed by atoms with van der Waals surface area (Å²) in [4.78, 5) is 18.9. The van der Waals surface area contributed by atoms with Crippen LogP contribution >= 0.6 is 11.6 Å². The molecule has 1 atom stereocenters. The van der Waals surface area contributed by atoms with Crippen molar-refractivity contribution in [2.45, 2.75) is 19.9 Å². The molecule has 0 saturated carbocycles. The Kier molecular flexibility index (Phi) is 4.77. The molecular weight excluding hydrogens is 378 g/mol. The zero-order valence-corrected chi connectivity index (χ0v) is 16.6. The van der Waals surface area contributed by atoms with Crippen LogP contribution in [0.1, 0.15) is 19.4 Å². The van der Waals surface area contributed by atoms with Crippen molar-refractivity contribution >= 4 is 29.1 Å². The quantitative estimate of drug-likeness (QED) is 0.786. The lowest BCUT2D eigenvalue weighted by atomic mass is 9.83. The number of aliphatic imine (C=N–C) groups is 1. The summed E-state index contributed by atoms with van der Waals surface area (Å²) < 4.78 is 6.11. The number of rotatable bonds is 2. The molecule has 146 valence electrons. The standard InChI is InChI=1S/C21H22ClN3O3/c1-21(2,20(26)27)18-12-25(10-9-23-18)19-14-5-3-4-6-16(14)28-17-8-7-13(22)11-15(17)24-19/h3-8,11,18,23H,9-10,12H2,1-2H3,(H,26,27)/p+1/t18-/m0/s1. The van der Waals surface area contributed by atoms with Gasteiger partial charge in [-0.1, -0.05) is 23.7 Å². The highest BCUT2D eigenvalue weighted by molar-refractivity contribution is 6.31. The van der Waals surface area contributed by atoms with Gasteiger partial charge in [0.25, 0.3) is 0 Å². The van der Waals surface area contributed by atoms with E-state index >= 15 is 0 Å². The molecule has 1 saturated heterocycles. The van der Waals surface area contributed by atoms with Crippen molar-refractivity contribution in [2.24, 2.45) is 10.4 Å². The van der Waals surface area contributed by atoms with Gasteiger partial charge in [-0.05, 0) is 44.2 Å². The first kappa shape index (κ1) is 18.8. The van der Waals surface area contributed by atoms with E-state index in [0.717, 1.165) is 23.7 Å². The Hall–Kier alpha value is -2.57. The van der Waals surface area contributed by atoms with Gasteiger partial charge in [-0.25, -0.2) is 4.99 Å². The van der Waals surface area contributed by atoms with E-state index in [1.807, 2.05) is 44.2 Å². The van der Waals surface area contributed by atoms with Gasteiger partial charge in [-0.15, -0.1) is 0 Å². The number of fused-ring (bicyclic) bond motifs is 2. The Bertz CT molecular complexity index is 958. The maximum atomic E-state index is 11.8. The van der Waals surface area contributed by atoms with E-state index in [1.54, 1.807) is 12.1 Å². The lowest BCUT2D eigenvalue weighted by Crippen LogP contribution is -2.59. The topological polar surface area (TPSA) is 76.8 Å². The first-order chi connectivity index (χ1) is 13.4. The number of benzene rings is 2. The number of carbonyl (C=O) groups excluding carboxylic acids is 1. The number of nitrogens with zero attached hydrogens (tertiary/aromatic N) is 2. The van der Waals surface area contributed by atoms with Gasteiger partial charge in [0.15, 0.2) is 5.75 Å². The summed E-state index contributed by atoms with van der Waals surface area (Å²) in [7, 11) is 0. The number of halogens is 1. The Morgan fingerprint density at radius 1 is 1.29 bits per heavy atom. The number of nitrogens with one attached hydrogen (secondary N) is 1. The highest BCUT2D eigenvalue weighted by atomic mass is 35.5. The third kappa shape index (κ3) is 3.34. The fourth-order valence-electron chi connectivity index (χ4n) is 3.52. The highest BCUT2D eigenvalue weighted by Crippen LogP contribution is 2.39. The van der Waals surface area contributed by atoms with Gasteiger partial charge in [-0.2, -0.15) is 0 Å². The normalized spacial score (nSPS) is 19.0. The minimum atomic E-state index is -0.790. The molecule has 1 fully saturated rings. The van der Waals surface area contributed by atoms with Gasteiger partial charge >= 0.3 is 5.97 Å². The lowest BCUT2D eigenvalue weighted by Gasteiger charge is -2.39. The Morgan fingerprint density at radius 2 is 2.07 bits per heavy atom. The van der Waals surface area contributed by atoms with Crippen molar-refractivity contribution in [3.63, 3.8) is 0 Å². The largest absolute Gasteiger partial charge is 0.564 e. The maximum Gasteiger partial charge on any atom is 0.523 e. The Balaban J connectivity index is 1.77. The van der Waals surface area contributed by atoms with Crippen LogP contribution in [0.2, 0.25) is 5.02 Å². The molecule has 3 N–H and O–H groups in total. The smallest absolute Gasteiger partial charge is 0.523 e. The molecule has 2 aromatic carbocycles. The first-order valence-electron chi connectivity index (χ1n) is 9.26. The number of piperazine rings is 1. The van der Waals surface area contributed by atoms with Crippen LogP contribution in [0.4, 0.5) is 5.69 Å². The zero-order chi connectivity index (χ0) is 19.9. The second kappa shape index (κ2) is 7.11. The summed E-state index contributed by atoms with van der Waals surface area (Å²) in [5, 5.41) is 11.6. The van der Waals surface area contributed by atoms with Crippen LogP contribution in [-0.4, -0.2) is 47.5 Å². The van der Waals surface area contributed by atoms with Crippen LogP contribution < -0.4 is 10.1 Å². The molecule has 0 spiro atoms. The van der Waals surface area contributed by atoms with E-state index < -0.39 is 11.4 Å². The summed E-state index contributed by atoms with van der Waals surface area (Å²) in [5.41, 5.74) is 0.774. The number of hydrogen-bond acceptors (Lipinski definition) is 5. The molecule has 0 unspecified atom stereocenters. The van der Waals surface area contributed by atoms with Gasteiger partial charge in [-0.3, -0.25) is 0 Å². The van der Waals surface area contributed by atoms with Crippen molar-refractivity contribution in [3.05, 3.63) is 53.1 Å². The Labute approximate surface area is 168 Å². The van der Waals surface area contributed by atoms with Crippen LogP contribution in [0.15, 0.2) is 47.5 Å². The van der Waals surface area contributed by atoms with Crippen LogP contribution in [0.3, 0.4) is 0 Å². The lowest BCUT2D eigenvalue weighted by molar-refractivity contribution is -0.149. The molecule has 7 heteroatoms. The molecule has 0 aromatic heterocycles. The van der Waals surface area contributed by atoms with E-state index in [1.165, 1.54) is 0 Å². The van der Waals surface area contributed by atoms with Crippen molar-refractivity contribution in [3.8, 4) is 11.5 Å². The first-order valence-corrected chi connectivity index (χ1v) is 9.64. The maximum absolute atomic E-state index is 11.8. The van der Waals surface area contributed by atoms with Crippen LogP contribution in [0, 0.1) is 5.41 Å². The molecule has 4 rings (SSSR count). The van der Waals surface area contributed by atoms with E-state index in [4.69, 9.17) is 26.4 Å². The van der Waals surface area contributed by atoms with Crippen molar-refractivity contribution < 1.29 is 14.6 Å². The van der Waals surface area contributed by atoms with Gasteiger partial charge in [0.05, 0.1) is 5.56 Å². The average molecular weight is 401 g/mol. The van der Waals surface area contributed by atoms with Crippen LogP contribution in [0.5, 0.6) is 11.5 Å². The third-order valence-corrected chi connectivity index (χ3v) is 5.66. The summed E-state index contributed by atoms with van der Waals surface area (Å²) in [5.74, 6) is 1.60. The monoisotopic (exact) mass is 400 g/mol. The fraction of sp³-hybridized carbons (Fsp3) is 0.333. The van der Waals surface area contributed by atoms with E-state index in [0.29, 0.717) is 29.5 Å². The fourth-order valence-corrected chi connectivity index (χ4v) is 3.69. The second-order valence-corrected chi connectivity index (χ2v) is 8.09. The van der Waals surface area contributed by atoms with Crippen molar-refractivity contribution in [2.75, 3.05) is 19.6 Å². The molecule has 2 aromatic rings. The predicted molar refractivity (Wildman–Crippen MR) is 110 cm³/mol. The molecule has 2 aliphatic rings. The van der Waals surface area contributed by atoms with Crippen LogP contribution in [0.25, 0.3) is 0 Å². The molecule has 0 aliphatic carbocycles. The highest BCUT2D eigenvalue weighted by Gasteiger charge is 2.45. The summed E-state index contributed by atoms with van der Waals surface area (Å²) in [6.45, 7) is 5.63. The molecular formula is C21H23ClN3O3+. The zero-order valence-electron chi connectivity index (χ0n) is 15.8. The minimum absolute atomic E-state index is 0.149. The average Bonchev–Trinajstić information content (AvgIpc) is 2.84. The Morgan fingerprint density at radius 3 is 2.86 bits per heavy atom. The van der Waals surface area contributed by atoms with Crippen LogP contribution in [-0.2, 0) is 4.79 Å². The third-order valence-electron chi connectivity index (χ3n) is 5.43. The molecule has 6 nitrogen and oxygen atoms in total.